The summed E-state index contributed by atoms with van der Waals surface area (Å²) in [5.74, 6) is 0.444. The number of anilines is 2. The Kier molecular flexibility index (Phi) is 5.39. The van der Waals surface area contributed by atoms with Gasteiger partial charge in [-0.05, 0) is 30.3 Å². The van der Waals surface area contributed by atoms with Gasteiger partial charge >= 0.3 is 0 Å². The van der Waals surface area contributed by atoms with Crippen LogP contribution in [0.15, 0.2) is 83.8 Å². The number of nitrogens with one attached hydrogen (secondary N) is 1. The molecule has 160 valence electrons. The molecule has 1 amide bonds. The molecule has 1 aliphatic rings. The zero-order valence-corrected chi connectivity index (χ0v) is 17.4. The molecule has 1 saturated heterocycles. The molecule has 2 aromatic carbocycles. The molecular weight excluding hydrogens is 404 g/mol. The Bertz CT molecular complexity index is 1310. The zero-order chi connectivity index (χ0) is 21.9. The monoisotopic (exact) mass is 426 g/mol. The second-order valence-corrected chi connectivity index (χ2v) is 7.55. The molecule has 1 fully saturated rings. The van der Waals surface area contributed by atoms with Crippen LogP contribution in [-0.2, 0) is 4.74 Å². The SMILES string of the molecule is O=C(c1cc2c(cn1)c(=O)cc(Nc1ccccc1)n2-c1ccccc1)N1CCOCC1. The normalized spacial score (nSPS) is 13.8. The Labute approximate surface area is 184 Å². The van der Waals surface area contributed by atoms with Gasteiger partial charge in [0.15, 0.2) is 5.43 Å². The first-order valence-corrected chi connectivity index (χ1v) is 10.5. The molecule has 0 atom stereocenters. The van der Waals surface area contributed by atoms with Crippen molar-refractivity contribution in [2.75, 3.05) is 31.6 Å². The average Bonchev–Trinajstić information content (AvgIpc) is 2.85. The van der Waals surface area contributed by atoms with Crippen molar-refractivity contribution < 1.29 is 9.53 Å². The molecule has 0 bridgehead atoms. The predicted octanol–water partition coefficient (Wildman–Crippen LogP) is 3.60. The maximum absolute atomic E-state index is 13.1. The second-order valence-electron chi connectivity index (χ2n) is 7.55. The van der Waals surface area contributed by atoms with E-state index in [1.54, 1.807) is 17.0 Å². The van der Waals surface area contributed by atoms with Crippen LogP contribution in [0.25, 0.3) is 16.6 Å². The molecule has 32 heavy (non-hydrogen) atoms. The first-order valence-electron chi connectivity index (χ1n) is 10.5. The van der Waals surface area contributed by atoms with E-state index in [0.29, 0.717) is 48.7 Å². The van der Waals surface area contributed by atoms with E-state index in [1.807, 2.05) is 65.2 Å². The lowest BCUT2D eigenvalue weighted by Gasteiger charge is -2.26. The van der Waals surface area contributed by atoms with Crippen LogP contribution in [0.1, 0.15) is 10.5 Å². The number of carbonyl (C=O) groups excluding carboxylic acids is 1. The number of nitrogens with zero attached hydrogens (tertiary/aromatic N) is 3. The first-order chi connectivity index (χ1) is 15.7. The summed E-state index contributed by atoms with van der Waals surface area (Å²) in [7, 11) is 0. The molecule has 7 nitrogen and oxygen atoms in total. The van der Waals surface area contributed by atoms with Gasteiger partial charge in [-0.15, -0.1) is 0 Å². The quantitative estimate of drug-likeness (QED) is 0.540. The third-order valence-corrected chi connectivity index (χ3v) is 5.48. The standard InChI is InChI=1S/C25H22N4O3/c30-23-16-24(27-18-7-3-1-4-8-18)29(19-9-5-2-6-10-19)22-15-21(26-17-20(22)23)25(31)28-11-13-32-14-12-28/h1-10,15-17,27H,11-14H2. The summed E-state index contributed by atoms with van der Waals surface area (Å²) in [5.41, 5.74) is 2.49. The fourth-order valence-corrected chi connectivity index (χ4v) is 3.88. The predicted molar refractivity (Wildman–Crippen MR) is 124 cm³/mol. The summed E-state index contributed by atoms with van der Waals surface area (Å²) in [6, 6.07) is 22.7. The van der Waals surface area contributed by atoms with Crippen molar-refractivity contribution in [3.8, 4) is 5.69 Å². The van der Waals surface area contributed by atoms with Gasteiger partial charge in [0.05, 0.1) is 24.1 Å². The number of carbonyl (C=O) groups is 1. The maximum Gasteiger partial charge on any atom is 0.272 e. The van der Waals surface area contributed by atoms with Crippen LogP contribution in [0.3, 0.4) is 0 Å². The number of benzene rings is 2. The highest BCUT2D eigenvalue weighted by Gasteiger charge is 2.21. The molecule has 1 aliphatic heterocycles. The van der Waals surface area contributed by atoms with Crippen molar-refractivity contribution in [2.45, 2.75) is 0 Å². The summed E-state index contributed by atoms with van der Waals surface area (Å²) in [5, 5.41) is 3.80. The molecule has 0 saturated carbocycles. The molecule has 0 spiro atoms. The van der Waals surface area contributed by atoms with Crippen LogP contribution >= 0.6 is 0 Å². The van der Waals surface area contributed by atoms with Gasteiger partial charge in [-0.2, -0.15) is 0 Å². The number of morpholine rings is 1. The third-order valence-electron chi connectivity index (χ3n) is 5.48. The highest BCUT2D eigenvalue weighted by molar-refractivity contribution is 5.96. The fourth-order valence-electron chi connectivity index (χ4n) is 3.88. The number of ether oxygens (including phenoxy) is 1. The Morgan fingerprint density at radius 3 is 2.34 bits per heavy atom. The number of rotatable bonds is 4. The molecule has 2 aromatic heterocycles. The van der Waals surface area contributed by atoms with E-state index in [4.69, 9.17) is 4.74 Å². The van der Waals surface area contributed by atoms with Crippen LogP contribution in [0, 0.1) is 0 Å². The molecule has 3 heterocycles. The van der Waals surface area contributed by atoms with Gasteiger partial charge in [-0.1, -0.05) is 36.4 Å². The van der Waals surface area contributed by atoms with Crippen molar-refractivity contribution >= 4 is 28.3 Å². The van der Waals surface area contributed by atoms with Crippen molar-refractivity contribution in [3.63, 3.8) is 0 Å². The largest absolute Gasteiger partial charge is 0.378 e. The molecule has 1 N–H and O–H groups in total. The number of para-hydroxylation sites is 2. The summed E-state index contributed by atoms with van der Waals surface area (Å²) in [4.78, 5) is 32.1. The van der Waals surface area contributed by atoms with Gasteiger partial charge in [0.25, 0.3) is 5.91 Å². The van der Waals surface area contributed by atoms with Gasteiger partial charge in [0, 0.05) is 36.7 Å². The summed E-state index contributed by atoms with van der Waals surface area (Å²) in [6.07, 6.45) is 1.50. The molecule has 0 aliphatic carbocycles. The molecule has 5 rings (SSSR count). The third kappa shape index (κ3) is 3.86. The number of pyridine rings is 2. The number of hydrogen-bond acceptors (Lipinski definition) is 5. The van der Waals surface area contributed by atoms with Crippen LogP contribution in [0.5, 0.6) is 0 Å². The van der Waals surface area contributed by atoms with E-state index < -0.39 is 0 Å². The van der Waals surface area contributed by atoms with E-state index in [1.165, 1.54) is 6.20 Å². The van der Waals surface area contributed by atoms with E-state index in [2.05, 4.69) is 10.3 Å². The number of aromatic nitrogens is 2. The smallest absolute Gasteiger partial charge is 0.272 e. The first kappa shape index (κ1) is 20.0. The number of fused-ring (bicyclic) bond motifs is 1. The van der Waals surface area contributed by atoms with Gasteiger partial charge in [-0.3, -0.25) is 19.1 Å². The van der Waals surface area contributed by atoms with Crippen molar-refractivity contribution in [3.05, 3.63) is 94.9 Å². The van der Waals surface area contributed by atoms with Gasteiger partial charge in [0.1, 0.15) is 11.5 Å². The Morgan fingerprint density at radius 2 is 1.62 bits per heavy atom. The summed E-state index contributed by atoms with van der Waals surface area (Å²) < 4.78 is 7.30. The van der Waals surface area contributed by atoms with E-state index in [-0.39, 0.29) is 11.3 Å². The van der Waals surface area contributed by atoms with Crippen LogP contribution in [0.4, 0.5) is 11.5 Å². The highest BCUT2D eigenvalue weighted by atomic mass is 16.5. The minimum atomic E-state index is -0.163. The van der Waals surface area contributed by atoms with Crippen LogP contribution in [0.2, 0.25) is 0 Å². The summed E-state index contributed by atoms with van der Waals surface area (Å²) in [6.45, 7) is 2.08. The average molecular weight is 426 g/mol. The second kappa shape index (κ2) is 8.64. The molecule has 7 heteroatoms. The van der Waals surface area contributed by atoms with Crippen LogP contribution in [-0.4, -0.2) is 46.7 Å². The minimum Gasteiger partial charge on any atom is -0.378 e. The van der Waals surface area contributed by atoms with Crippen LogP contribution < -0.4 is 10.7 Å². The van der Waals surface area contributed by atoms with Gasteiger partial charge in [-0.25, -0.2) is 0 Å². The topological polar surface area (TPSA) is 76.5 Å². The Hall–Kier alpha value is -3.97. The highest BCUT2D eigenvalue weighted by Crippen LogP contribution is 2.25. The van der Waals surface area contributed by atoms with Gasteiger partial charge in [0.2, 0.25) is 0 Å². The molecule has 0 radical (unpaired) electrons. The van der Waals surface area contributed by atoms with E-state index >= 15 is 0 Å². The lowest BCUT2D eigenvalue weighted by atomic mass is 10.1. The maximum atomic E-state index is 13.1. The van der Waals surface area contributed by atoms with Gasteiger partial charge < -0.3 is 15.0 Å². The van der Waals surface area contributed by atoms with Crippen molar-refractivity contribution in [1.29, 1.82) is 0 Å². The Morgan fingerprint density at radius 1 is 0.938 bits per heavy atom. The summed E-state index contributed by atoms with van der Waals surface area (Å²) >= 11 is 0. The van der Waals surface area contributed by atoms with E-state index in [0.717, 1.165) is 11.4 Å². The van der Waals surface area contributed by atoms with Crippen molar-refractivity contribution in [1.82, 2.24) is 14.5 Å². The minimum absolute atomic E-state index is 0.163. The fraction of sp³-hybridized carbons (Fsp3) is 0.160. The lowest BCUT2D eigenvalue weighted by molar-refractivity contribution is 0.0299. The molecule has 4 aromatic rings. The lowest BCUT2D eigenvalue weighted by Crippen LogP contribution is -2.41. The molecular formula is C25H22N4O3. The molecule has 0 unspecified atom stereocenters. The van der Waals surface area contributed by atoms with Crippen molar-refractivity contribution in [2.24, 2.45) is 0 Å². The number of hydrogen-bond donors (Lipinski definition) is 1. The van der Waals surface area contributed by atoms with E-state index in [9.17, 15) is 9.59 Å². The zero-order valence-electron chi connectivity index (χ0n) is 17.4. The Balaban J connectivity index is 1.69. The number of amides is 1.